The summed E-state index contributed by atoms with van der Waals surface area (Å²) >= 11 is 0. The molecule has 1 amide bonds. The number of hydrogen-bond donors (Lipinski definition) is 4. The van der Waals surface area contributed by atoms with Crippen LogP contribution in [-0.2, 0) is 17.6 Å². The Morgan fingerprint density at radius 1 is 1.00 bits per heavy atom. The highest BCUT2D eigenvalue weighted by Crippen LogP contribution is 2.43. The Kier molecular flexibility index (Phi) is 6.46. The summed E-state index contributed by atoms with van der Waals surface area (Å²) in [7, 11) is 0. The number of rotatable bonds is 8. The number of carbonyl (C=O) groups excluding carboxylic acids is 1. The van der Waals surface area contributed by atoms with Gasteiger partial charge in [0.1, 0.15) is 11.5 Å². The van der Waals surface area contributed by atoms with E-state index in [1.54, 1.807) is 18.2 Å². The first-order chi connectivity index (χ1) is 14.0. The average Bonchev–Trinajstić information content (AvgIpc) is 3.15. The molecular formula is C21H25NO7. The zero-order chi connectivity index (χ0) is 21.0. The number of carbonyl (C=O) groups is 1. The lowest BCUT2D eigenvalue weighted by Gasteiger charge is -2.23. The van der Waals surface area contributed by atoms with Gasteiger partial charge in [-0.2, -0.15) is 0 Å². The van der Waals surface area contributed by atoms with Gasteiger partial charge in [0.2, 0.25) is 12.7 Å². The molecule has 8 nitrogen and oxygen atoms in total. The molecule has 1 aliphatic heterocycles. The Balaban J connectivity index is 2.08. The van der Waals surface area contributed by atoms with Crippen molar-refractivity contribution in [2.24, 2.45) is 0 Å². The molecule has 156 valence electrons. The number of hydrogen-bond acceptors (Lipinski definition) is 7. The molecule has 1 heterocycles. The molecule has 3 rings (SSSR count). The van der Waals surface area contributed by atoms with E-state index >= 15 is 0 Å². The number of aliphatic hydroxyl groups is 2. The summed E-state index contributed by atoms with van der Waals surface area (Å²) in [6.45, 7) is 1.68. The summed E-state index contributed by atoms with van der Waals surface area (Å²) in [6.07, 6.45) is 0.348. The monoisotopic (exact) mass is 403 g/mol. The first kappa shape index (κ1) is 20.8. The number of ether oxygens (including phenoxy) is 2. The maximum absolute atomic E-state index is 12.8. The average molecular weight is 403 g/mol. The highest BCUT2D eigenvalue weighted by Gasteiger charge is 2.24. The van der Waals surface area contributed by atoms with E-state index in [0.29, 0.717) is 40.2 Å². The van der Waals surface area contributed by atoms with Crippen molar-refractivity contribution >= 4 is 5.91 Å². The highest BCUT2D eigenvalue weighted by atomic mass is 16.7. The first-order valence-electron chi connectivity index (χ1n) is 9.46. The van der Waals surface area contributed by atoms with Crippen molar-refractivity contribution in [3.05, 3.63) is 35.4 Å². The van der Waals surface area contributed by atoms with Gasteiger partial charge in [0.25, 0.3) is 0 Å². The van der Waals surface area contributed by atoms with Crippen LogP contribution in [0.3, 0.4) is 0 Å². The van der Waals surface area contributed by atoms with Crippen molar-refractivity contribution in [3.8, 4) is 34.1 Å². The van der Waals surface area contributed by atoms with Crippen LogP contribution >= 0.6 is 0 Å². The number of nitrogens with zero attached hydrogens (tertiary/aromatic N) is 1. The third-order valence-electron chi connectivity index (χ3n) is 4.94. The molecule has 4 N–H and O–H groups in total. The van der Waals surface area contributed by atoms with E-state index in [0.717, 1.165) is 0 Å². The molecule has 29 heavy (non-hydrogen) atoms. The van der Waals surface area contributed by atoms with Gasteiger partial charge in [-0.3, -0.25) is 4.79 Å². The lowest BCUT2D eigenvalue weighted by molar-refractivity contribution is -0.131. The number of benzene rings is 2. The standard InChI is InChI=1S/C21H25NO7/c1-2-14-15(10-20(27)22(5-7-23)6-8-24)21(17(26)11-16(14)25)13-3-4-18-19(9-13)29-12-28-18/h3-4,9,11,23-26H,2,5-8,10,12H2,1H3. The van der Waals surface area contributed by atoms with Crippen LogP contribution in [0.15, 0.2) is 24.3 Å². The van der Waals surface area contributed by atoms with Gasteiger partial charge >= 0.3 is 0 Å². The Morgan fingerprint density at radius 3 is 2.34 bits per heavy atom. The van der Waals surface area contributed by atoms with Crippen LogP contribution < -0.4 is 9.47 Å². The third-order valence-corrected chi connectivity index (χ3v) is 4.94. The lowest BCUT2D eigenvalue weighted by atomic mass is 9.90. The number of fused-ring (bicyclic) bond motifs is 1. The van der Waals surface area contributed by atoms with E-state index in [1.165, 1.54) is 11.0 Å². The quantitative estimate of drug-likeness (QED) is 0.526. The van der Waals surface area contributed by atoms with Gasteiger partial charge in [0, 0.05) is 24.7 Å². The molecular weight excluding hydrogens is 378 g/mol. The maximum Gasteiger partial charge on any atom is 0.231 e. The fourth-order valence-corrected chi connectivity index (χ4v) is 3.58. The van der Waals surface area contributed by atoms with Crippen molar-refractivity contribution in [2.45, 2.75) is 19.8 Å². The third kappa shape index (κ3) is 4.23. The van der Waals surface area contributed by atoms with E-state index in [1.807, 2.05) is 6.92 Å². The highest BCUT2D eigenvalue weighted by molar-refractivity contribution is 5.86. The molecule has 2 aromatic carbocycles. The molecule has 0 bridgehead atoms. The van der Waals surface area contributed by atoms with Gasteiger partial charge in [-0.05, 0) is 35.2 Å². The minimum atomic E-state index is -0.324. The number of amides is 1. The molecule has 2 aromatic rings. The zero-order valence-corrected chi connectivity index (χ0v) is 16.2. The smallest absolute Gasteiger partial charge is 0.231 e. The van der Waals surface area contributed by atoms with Crippen LogP contribution in [-0.4, -0.2) is 64.3 Å². The molecule has 0 aromatic heterocycles. The van der Waals surface area contributed by atoms with Crippen LogP contribution in [0.25, 0.3) is 11.1 Å². The van der Waals surface area contributed by atoms with Crippen LogP contribution in [0.1, 0.15) is 18.1 Å². The van der Waals surface area contributed by atoms with E-state index in [4.69, 9.17) is 9.47 Å². The number of phenolic OH excluding ortho intramolecular Hbond substituents is 2. The Bertz CT molecular complexity index is 891. The van der Waals surface area contributed by atoms with Crippen molar-refractivity contribution in [2.75, 3.05) is 33.1 Å². The lowest BCUT2D eigenvalue weighted by Crippen LogP contribution is -2.37. The van der Waals surface area contributed by atoms with Gasteiger partial charge in [-0.15, -0.1) is 0 Å². The predicted molar refractivity (Wildman–Crippen MR) is 105 cm³/mol. The van der Waals surface area contributed by atoms with E-state index < -0.39 is 0 Å². The minimum absolute atomic E-state index is 0.0883. The van der Waals surface area contributed by atoms with E-state index in [2.05, 4.69) is 0 Å². The molecule has 0 unspecified atom stereocenters. The summed E-state index contributed by atoms with van der Waals surface area (Å²) in [4.78, 5) is 14.2. The summed E-state index contributed by atoms with van der Waals surface area (Å²) in [5.41, 5.74) is 2.10. The normalized spacial score (nSPS) is 12.2. The van der Waals surface area contributed by atoms with Crippen molar-refractivity contribution < 1.29 is 34.7 Å². The second-order valence-electron chi connectivity index (χ2n) is 6.67. The van der Waals surface area contributed by atoms with E-state index in [9.17, 15) is 25.2 Å². The summed E-state index contributed by atoms with van der Waals surface area (Å²) in [5, 5.41) is 39.4. The Morgan fingerprint density at radius 2 is 1.69 bits per heavy atom. The van der Waals surface area contributed by atoms with Crippen molar-refractivity contribution in [1.82, 2.24) is 4.90 Å². The molecule has 1 aliphatic rings. The first-order valence-corrected chi connectivity index (χ1v) is 9.46. The number of phenols is 2. The molecule has 0 spiro atoms. The fourth-order valence-electron chi connectivity index (χ4n) is 3.58. The van der Waals surface area contributed by atoms with Gasteiger partial charge < -0.3 is 34.8 Å². The SMILES string of the molecule is CCc1c(O)cc(O)c(-c2ccc3c(c2)OCO3)c1CC(=O)N(CCO)CCO. The molecule has 8 heteroatoms. The van der Waals surface area contributed by atoms with Crippen molar-refractivity contribution in [1.29, 1.82) is 0 Å². The second-order valence-corrected chi connectivity index (χ2v) is 6.67. The zero-order valence-electron chi connectivity index (χ0n) is 16.2. The molecule has 0 fully saturated rings. The largest absolute Gasteiger partial charge is 0.508 e. The molecule has 0 saturated heterocycles. The molecule has 0 atom stereocenters. The minimum Gasteiger partial charge on any atom is -0.508 e. The number of aromatic hydroxyl groups is 2. The van der Waals surface area contributed by atoms with Gasteiger partial charge in [-0.25, -0.2) is 0 Å². The number of aliphatic hydroxyl groups excluding tert-OH is 2. The van der Waals surface area contributed by atoms with Crippen LogP contribution in [0.2, 0.25) is 0 Å². The Labute approximate surface area is 168 Å². The topological polar surface area (TPSA) is 120 Å². The van der Waals surface area contributed by atoms with Gasteiger partial charge in [0.15, 0.2) is 11.5 Å². The van der Waals surface area contributed by atoms with Crippen LogP contribution in [0.5, 0.6) is 23.0 Å². The molecule has 0 aliphatic carbocycles. The summed E-state index contributed by atoms with van der Waals surface area (Å²) < 4.78 is 10.8. The molecule has 0 saturated carbocycles. The van der Waals surface area contributed by atoms with Gasteiger partial charge in [-0.1, -0.05) is 13.0 Å². The van der Waals surface area contributed by atoms with Gasteiger partial charge in [0.05, 0.1) is 19.6 Å². The van der Waals surface area contributed by atoms with E-state index in [-0.39, 0.29) is 56.9 Å². The fraction of sp³-hybridized carbons (Fsp3) is 0.381. The van der Waals surface area contributed by atoms with Crippen LogP contribution in [0, 0.1) is 0 Å². The van der Waals surface area contributed by atoms with Crippen molar-refractivity contribution in [3.63, 3.8) is 0 Å². The Hall–Kier alpha value is -2.97. The molecule has 0 radical (unpaired) electrons. The van der Waals surface area contributed by atoms with Crippen LogP contribution in [0.4, 0.5) is 0 Å². The summed E-state index contributed by atoms with van der Waals surface area (Å²) in [6, 6.07) is 6.48. The second kappa shape index (κ2) is 9.02. The maximum atomic E-state index is 12.8. The summed E-state index contributed by atoms with van der Waals surface area (Å²) in [5.74, 6) is 0.560. The predicted octanol–water partition coefficient (Wildman–Crippen LogP) is 1.41.